The Morgan fingerprint density at radius 2 is 2.19 bits per heavy atom. The van der Waals surface area contributed by atoms with Crippen LogP contribution in [-0.4, -0.2) is 41.1 Å². The van der Waals surface area contributed by atoms with E-state index in [4.69, 9.17) is 11.5 Å². The second kappa shape index (κ2) is 4.44. The quantitative estimate of drug-likeness (QED) is 0.684. The number of aliphatic carboxylic acids is 1. The topological polar surface area (TPSA) is 69.6 Å². The molecular formula is C11H16N2O3. The predicted octanol–water partition coefficient (Wildman–Crippen LogP) is 0.514. The zero-order chi connectivity index (χ0) is 12.3. The molecule has 0 heterocycles. The van der Waals surface area contributed by atoms with Crippen LogP contribution in [0.25, 0.3) is 0 Å². The number of terminal acetylenes is 1. The summed E-state index contributed by atoms with van der Waals surface area (Å²) in [6.45, 7) is 1.70. The Labute approximate surface area is 94.8 Å². The van der Waals surface area contributed by atoms with Crippen molar-refractivity contribution in [3.63, 3.8) is 0 Å². The Balaban J connectivity index is 2.66. The van der Waals surface area contributed by atoms with Crippen molar-refractivity contribution in [2.45, 2.75) is 25.3 Å². The molecule has 0 bridgehead atoms. The highest BCUT2D eigenvalue weighted by molar-refractivity contribution is 5.86. The molecule has 0 spiro atoms. The molecule has 0 radical (unpaired) electrons. The summed E-state index contributed by atoms with van der Waals surface area (Å²) in [7, 11) is 1.53. The fourth-order valence-corrected chi connectivity index (χ4v) is 1.52. The van der Waals surface area contributed by atoms with E-state index >= 15 is 0 Å². The van der Waals surface area contributed by atoms with Crippen molar-refractivity contribution in [1.29, 1.82) is 0 Å². The van der Waals surface area contributed by atoms with Crippen LogP contribution in [0.2, 0.25) is 0 Å². The van der Waals surface area contributed by atoms with Gasteiger partial charge in [0.1, 0.15) is 5.54 Å². The van der Waals surface area contributed by atoms with Gasteiger partial charge >= 0.3 is 12.0 Å². The average molecular weight is 224 g/mol. The van der Waals surface area contributed by atoms with Crippen LogP contribution in [0.5, 0.6) is 0 Å². The second-order valence-electron chi connectivity index (χ2n) is 4.27. The molecule has 0 saturated heterocycles. The number of rotatable bonds is 4. The molecule has 1 aliphatic carbocycles. The van der Waals surface area contributed by atoms with Gasteiger partial charge in [0, 0.05) is 7.05 Å². The van der Waals surface area contributed by atoms with Crippen molar-refractivity contribution < 1.29 is 14.7 Å². The highest BCUT2D eigenvalue weighted by atomic mass is 16.4. The highest BCUT2D eigenvalue weighted by Gasteiger charge is 2.48. The lowest BCUT2D eigenvalue weighted by Gasteiger charge is -2.28. The summed E-state index contributed by atoms with van der Waals surface area (Å²) in [6, 6.07) is -0.449. The first kappa shape index (κ1) is 12.4. The van der Waals surface area contributed by atoms with Crippen molar-refractivity contribution >= 4 is 12.0 Å². The number of carboxylic acid groups (broad SMARTS) is 1. The normalized spacial score (nSPS) is 18.1. The molecule has 5 heteroatoms. The van der Waals surface area contributed by atoms with E-state index in [0.717, 1.165) is 12.8 Å². The number of amides is 2. The molecule has 1 aliphatic rings. The molecule has 1 rings (SSSR count). The third kappa shape index (κ3) is 2.45. The third-order valence-electron chi connectivity index (χ3n) is 2.88. The van der Waals surface area contributed by atoms with Crippen LogP contribution >= 0.6 is 0 Å². The highest BCUT2D eigenvalue weighted by Crippen LogP contribution is 2.39. The van der Waals surface area contributed by atoms with E-state index in [1.807, 2.05) is 0 Å². The number of nitrogens with one attached hydrogen (secondary N) is 1. The summed E-state index contributed by atoms with van der Waals surface area (Å²) in [5, 5.41) is 11.7. The molecular weight excluding hydrogens is 208 g/mol. The van der Waals surface area contributed by atoms with Crippen LogP contribution in [0.3, 0.4) is 0 Å². The fourth-order valence-electron chi connectivity index (χ4n) is 1.52. The van der Waals surface area contributed by atoms with Crippen LogP contribution in [0.1, 0.15) is 19.8 Å². The van der Waals surface area contributed by atoms with Crippen molar-refractivity contribution in [2.24, 2.45) is 5.92 Å². The first-order valence-electron chi connectivity index (χ1n) is 5.12. The summed E-state index contributed by atoms with van der Waals surface area (Å²) < 4.78 is 0. The maximum Gasteiger partial charge on any atom is 0.329 e. The van der Waals surface area contributed by atoms with E-state index < -0.39 is 17.5 Å². The molecule has 0 aromatic carbocycles. The van der Waals surface area contributed by atoms with Gasteiger partial charge in [-0.3, -0.25) is 0 Å². The number of carbonyl (C=O) groups excluding carboxylic acids is 1. The van der Waals surface area contributed by atoms with Gasteiger partial charge in [0.2, 0.25) is 0 Å². The predicted molar refractivity (Wildman–Crippen MR) is 58.8 cm³/mol. The molecule has 1 saturated carbocycles. The monoisotopic (exact) mass is 224 g/mol. The summed E-state index contributed by atoms with van der Waals surface area (Å²) in [5.41, 5.74) is -1.18. The largest absolute Gasteiger partial charge is 0.480 e. The molecule has 1 fully saturated rings. The lowest BCUT2D eigenvalue weighted by Crippen LogP contribution is -2.57. The summed E-state index contributed by atoms with van der Waals surface area (Å²) in [6.07, 6.45) is 6.75. The molecule has 0 aliphatic heterocycles. The maximum absolute atomic E-state index is 11.6. The van der Waals surface area contributed by atoms with Gasteiger partial charge in [0.05, 0.1) is 6.54 Å². The third-order valence-corrected chi connectivity index (χ3v) is 2.88. The minimum Gasteiger partial charge on any atom is -0.480 e. The number of carbonyl (C=O) groups is 2. The molecule has 1 unspecified atom stereocenters. The number of hydrogen-bond acceptors (Lipinski definition) is 2. The second-order valence-corrected chi connectivity index (χ2v) is 4.27. The molecule has 5 nitrogen and oxygen atoms in total. The SMILES string of the molecule is C#CCN(C)C(=O)NC(C)(C(=O)O)C1CC1. The maximum atomic E-state index is 11.6. The van der Waals surface area contributed by atoms with Crippen molar-refractivity contribution in [3.8, 4) is 12.3 Å². The van der Waals surface area contributed by atoms with E-state index in [1.165, 1.54) is 18.9 Å². The van der Waals surface area contributed by atoms with E-state index in [2.05, 4.69) is 11.2 Å². The minimum atomic E-state index is -1.18. The van der Waals surface area contributed by atoms with Gasteiger partial charge < -0.3 is 15.3 Å². The fraction of sp³-hybridized carbons (Fsp3) is 0.636. The van der Waals surface area contributed by atoms with Gasteiger partial charge in [-0.15, -0.1) is 6.42 Å². The Bertz CT molecular complexity index is 344. The van der Waals surface area contributed by atoms with Crippen LogP contribution in [0, 0.1) is 18.3 Å². The Morgan fingerprint density at radius 1 is 1.62 bits per heavy atom. The van der Waals surface area contributed by atoms with Crippen molar-refractivity contribution in [2.75, 3.05) is 13.6 Å². The average Bonchev–Trinajstić information content (AvgIpc) is 3.00. The minimum absolute atomic E-state index is 0.0215. The zero-order valence-corrected chi connectivity index (χ0v) is 9.49. The van der Waals surface area contributed by atoms with Gasteiger partial charge in [0.15, 0.2) is 0 Å². The first-order chi connectivity index (χ1) is 7.41. The molecule has 16 heavy (non-hydrogen) atoms. The van der Waals surface area contributed by atoms with Crippen molar-refractivity contribution in [1.82, 2.24) is 10.2 Å². The number of urea groups is 1. The number of nitrogens with zero attached hydrogens (tertiary/aromatic N) is 1. The summed E-state index contributed by atoms with van der Waals surface area (Å²) >= 11 is 0. The number of hydrogen-bond donors (Lipinski definition) is 2. The number of carboxylic acids is 1. The van der Waals surface area contributed by atoms with Crippen LogP contribution in [0.15, 0.2) is 0 Å². The molecule has 0 aromatic rings. The van der Waals surface area contributed by atoms with Gasteiger partial charge in [-0.2, -0.15) is 0 Å². The standard InChI is InChI=1S/C11H16N2O3/c1-4-7-13(3)10(16)12-11(2,9(14)15)8-5-6-8/h1,8H,5-7H2,2-3H3,(H,12,16)(H,14,15). The van der Waals surface area contributed by atoms with Gasteiger partial charge in [-0.05, 0) is 25.7 Å². The lowest BCUT2D eigenvalue weighted by atomic mass is 9.96. The molecule has 0 aromatic heterocycles. The van der Waals surface area contributed by atoms with Crippen molar-refractivity contribution in [3.05, 3.63) is 0 Å². The smallest absolute Gasteiger partial charge is 0.329 e. The Morgan fingerprint density at radius 3 is 2.56 bits per heavy atom. The Kier molecular flexibility index (Phi) is 3.43. The van der Waals surface area contributed by atoms with Crippen LogP contribution in [0.4, 0.5) is 4.79 Å². The van der Waals surface area contributed by atoms with Gasteiger partial charge in [-0.1, -0.05) is 5.92 Å². The molecule has 1 atom stereocenters. The van der Waals surface area contributed by atoms with Gasteiger partial charge in [-0.25, -0.2) is 9.59 Å². The van der Waals surface area contributed by atoms with E-state index in [9.17, 15) is 9.59 Å². The van der Waals surface area contributed by atoms with E-state index in [1.54, 1.807) is 0 Å². The van der Waals surface area contributed by atoms with Gasteiger partial charge in [0.25, 0.3) is 0 Å². The lowest BCUT2D eigenvalue weighted by molar-refractivity contribution is -0.144. The molecule has 2 amide bonds. The Hall–Kier alpha value is -1.70. The molecule has 2 N–H and O–H groups in total. The van der Waals surface area contributed by atoms with Crippen LogP contribution < -0.4 is 5.32 Å². The summed E-state index contributed by atoms with van der Waals surface area (Å²) in [5.74, 6) is 1.34. The zero-order valence-electron chi connectivity index (χ0n) is 9.49. The van der Waals surface area contributed by atoms with E-state index in [-0.39, 0.29) is 12.5 Å². The molecule has 88 valence electrons. The van der Waals surface area contributed by atoms with E-state index in [0.29, 0.717) is 0 Å². The first-order valence-corrected chi connectivity index (χ1v) is 5.12. The summed E-state index contributed by atoms with van der Waals surface area (Å²) in [4.78, 5) is 24.1. The van der Waals surface area contributed by atoms with Crippen LogP contribution in [-0.2, 0) is 4.79 Å².